The van der Waals surface area contributed by atoms with E-state index in [9.17, 15) is 24.6 Å². The third kappa shape index (κ3) is 6.43. The number of methoxy groups -OCH3 is 1. The fourth-order valence-electron chi connectivity index (χ4n) is 4.72. The number of thiocarbonyl (C=S) groups is 1. The van der Waals surface area contributed by atoms with Crippen LogP contribution >= 0.6 is 12.2 Å². The molecule has 0 heterocycles. The lowest BCUT2D eigenvalue weighted by Gasteiger charge is -2.40. The first-order valence-electron chi connectivity index (χ1n) is 12.6. The van der Waals surface area contributed by atoms with E-state index in [1.54, 1.807) is 36.4 Å². The van der Waals surface area contributed by atoms with Gasteiger partial charge in [0.05, 0.1) is 24.0 Å². The lowest BCUT2D eigenvalue weighted by atomic mass is 9.77. The minimum absolute atomic E-state index is 0.0111. The number of phenols is 1. The van der Waals surface area contributed by atoms with Crippen LogP contribution in [0.5, 0.6) is 11.5 Å². The molecule has 0 bridgehead atoms. The number of carbonyl (C=O) groups is 3. The summed E-state index contributed by atoms with van der Waals surface area (Å²) in [6, 6.07) is 9.90. The Balaban J connectivity index is 1.84. The molecule has 0 radical (unpaired) electrons. The molecule has 2 unspecified atom stereocenters. The maximum atomic E-state index is 12.4. The molecule has 2 atom stereocenters. The molecule has 2 aromatic rings. The van der Waals surface area contributed by atoms with Gasteiger partial charge in [0, 0.05) is 17.5 Å². The van der Waals surface area contributed by atoms with Gasteiger partial charge in [-0.05, 0) is 56.7 Å². The average molecular weight is 527 g/mol. The van der Waals surface area contributed by atoms with Crippen LogP contribution in [-0.4, -0.2) is 51.4 Å². The molecule has 0 aliphatic heterocycles. The van der Waals surface area contributed by atoms with Gasteiger partial charge in [-0.25, -0.2) is 0 Å². The largest absolute Gasteiger partial charge is 0.507 e. The number of hydrogen-bond donors (Lipinski definition) is 2. The molecule has 2 aromatic carbocycles. The highest BCUT2D eigenvalue weighted by molar-refractivity contribution is 7.81. The second-order valence-electron chi connectivity index (χ2n) is 9.43. The standard InChI is InChI=1S/C29H34O7S/c1-4-7-22-24(15-13-21(18(2)30)27(22)33)36-25-8-5-6-17-29(25,34)28(37)20-11-9-19(10-12-20)23(31)14-16-26(32)35-3/h9-13,15,25,33-34H,4-8,14,16-17H2,1-3H3. The Morgan fingerprint density at radius 3 is 2.35 bits per heavy atom. The van der Waals surface area contributed by atoms with Crippen LogP contribution in [0.3, 0.4) is 0 Å². The van der Waals surface area contributed by atoms with Crippen LogP contribution in [0.2, 0.25) is 0 Å². The Morgan fingerprint density at radius 1 is 1.05 bits per heavy atom. The fraction of sp³-hybridized carbons (Fsp3) is 0.448. The Kier molecular flexibility index (Phi) is 9.56. The highest BCUT2D eigenvalue weighted by atomic mass is 32.1. The fourth-order valence-corrected chi connectivity index (χ4v) is 5.09. The molecule has 2 N–H and O–H groups in total. The Hall–Kier alpha value is -3.10. The molecule has 198 valence electrons. The molecule has 37 heavy (non-hydrogen) atoms. The Labute approximate surface area is 222 Å². The van der Waals surface area contributed by atoms with Crippen molar-refractivity contribution in [3.8, 4) is 11.5 Å². The molecule has 0 aromatic heterocycles. The summed E-state index contributed by atoms with van der Waals surface area (Å²) < 4.78 is 10.9. The van der Waals surface area contributed by atoms with Crippen molar-refractivity contribution >= 4 is 34.6 Å². The number of esters is 1. The van der Waals surface area contributed by atoms with Crippen LogP contribution in [0, 0.1) is 0 Å². The molecule has 0 spiro atoms. The maximum absolute atomic E-state index is 12.4. The van der Waals surface area contributed by atoms with E-state index in [1.807, 2.05) is 6.92 Å². The van der Waals surface area contributed by atoms with Gasteiger partial charge in [-0.2, -0.15) is 0 Å². The molecule has 0 saturated heterocycles. The van der Waals surface area contributed by atoms with Crippen molar-refractivity contribution in [1.29, 1.82) is 0 Å². The maximum Gasteiger partial charge on any atom is 0.305 e. The predicted octanol–water partition coefficient (Wildman–Crippen LogP) is 5.15. The number of carbonyl (C=O) groups excluding carboxylic acids is 3. The first-order valence-corrected chi connectivity index (χ1v) is 13.0. The monoisotopic (exact) mass is 526 g/mol. The topological polar surface area (TPSA) is 110 Å². The number of benzene rings is 2. The zero-order valence-corrected chi connectivity index (χ0v) is 22.4. The number of phenolic OH excluding ortho intramolecular Hbond substituents is 1. The van der Waals surface area contributed by atoms with E-state index in [4.69, 9.17) is 17.0 Å². The first kappa shape index (κ1) is 28.5. The van der Waals surface area contributed by atoms with Crippen molar-refractivity contribution in [2.24, 2.45) is 0 Å². The minimum Gasteiger partial charge on any atom is -0.507 e. The summed E-state index contributed by atoms with van der Waals surface area (Å²) in [6.07, 6.45) is 3.28. The van der Waals surface area contributed by atoms with Crippen molar-refractivity contribution in [1.82, 2.24) is 0 Å². The van der Waals surface area contributed by atoms with E-state index in [2.05, 4.69) is 4.74 Å². The van der Waals surface area contributed by atoms with Crippen molar-refractivity contribution in [2.45, 2.75) is 76.9 Å². The molecular weight excluding hydrogens is 492 g/mol. The lowest BCUT2D eigenvalue weighted by molar-refractivity contribution is -0.140. The molecule has 1 fully saturated rings. The summed E-state index contributed by atoms with van der Waals surface area (Å²) in [6.45, 7) is 3.38. The summed E-state index contributed by atoms with van der Waals surface area (Å²) in [5.74, 6) is -0.505. The molecule has 3 rings (SSSR count). The summed E-state index contributed by atoms with van der Waals surface area (Å²) in [4.78, 5) is 36.0. The zero-order valence-electron chi connectivity index (χ0n) is 21.5. The van der Waals surface area contributed by atoms with Crippen LogP contribution < -0.4 is 4.74 Å². The van der Waals surface area contributed by atoms with Gasteiger partial charge in [0.1, 0.15) is 23.2 Å². The van der Waals surface area contributed by atoms with Gasteiger partial charge in [-0.3, -0.25) is 14.4 Å². The molecule has 7 nitrogen and oxygen atoms in total. The van der Waals surface area contributed by atoms with Gasteiger partial charge in [-0.15, -0.1) is 0 Å². The van der Waals surface area contributed by atoms with Gasteiger partial charge in [0.25, 0.3) is 0 Å². The molecule has 1 saturated carbocycles. The molecule has 1 aliphatic carbocycles. The third-order valence-corrected chi connectivity index (χ3v) is 7.43. The zero-order chi connectivity index (χ0) is 27.2. The number of ketones is 2. The van der Waals surface area contributed by atoms with E-state index in [-0.39, 0.29) is 35.7 Å². The normalized spacial score (nSPS) is 19.2. The van der Waals surface area contributed by atoms with Crippen molar-refractivity contribution < 1.29 is 34.1 Å². The Morgan fingerprint density at radius 2 is 1.73 bits per heavy atom. The summed E-state index contributed by atoms with van der Waals surface area (Å²) in [5, 5.41) is 22.5. The number of ether oxygens (including phenoxy) is 2. The van der Waals surface area contributed by atoms with Gasteiger partial charge in [0.15, 0.2) is 11.6 Å². The van der Waals surface area contributed by atoms with E-state index in [0.29, 0.717) is 46.6 Å². The second kappa shape index (κ2) is 12.4. The van der Waals surface area contributed by atoms with E-state index in [0.717, 1.165) is 19.3 Å². The van der Waals surface area contributed by atoms with Gasteiger partial charge >= 0.3 is 5.97 Å². The van der Waals surface area contributed by atoms with Gasteiger partial charge < -0.3 is 19.7 Å². The van der Waals surface area contributed by atoms with Gasteiger partial charge in [-0.1, -0.05) is 49.8 Å². The summed E-state index contributed by atoms with van der Waals surface area (Å²) in [5.41, 5.74) is 0.419. The van der Waals surface area contributed by atoms with Gasteiger partial charge in [0.2, 0.25) is 0 Å². The smallest absolute Gasteiger partial charge is 0.305 e. The summed E-state index contributed by atoms with van der Waals surface area (Å²) >= 11 is 5.75. The Bertz CT molecular complexity index is 1170. The highest BCUT2D eigenvalue weighted by Gasteiger charge is 2.45. The molecule has 1 aliphatic rings. The number of rotatable bonds is 11. The lowest BCUT2D eigenvalue weighted by Crippen LogP contribution is -2.53. The van der Waals surface area contributed by atoms with Crippen molar-refractivity contribution in [3.63, 3.8) is 0 Å². The van der Waals surface area contributed by atoms with Crippen LogP contribution in [0.25, 0.3) is 0 Å². The number of Topliss-reactive ketones (excluding diaryl/α,β-unsaturated/α-hetero) is 2. The molecule has 0 amide bonds. The average Bonchev–Trinajstić information content (AvgIpc) is 2.89. The third-order valence-electron chi connectivity index (χ3n) is 6.84. The number of aliphatic hydroxyl groups is 1. The van der Waals surface area contributed by atoms with Crippen LogP contribution in [0.15, 0.2) is 36.4 Å². The van der Waals surface area contributed by atoms with Crippen molar-refractivity contribution in [3.05, 3.63) is 58.7 Å². The van der Waals surface area contributed by atoms with Crippen LogP contribution in [0.1, 0.15) is 90.6 Å². The highest BCUT2D eigenvalue weighted by Crippen LogP contribution is 2.39. The quantitative estimate of drug-likeness (QED) is 0.235. The molecular formula is C29H34O7S. The molecule has 8 heteroatoms. The van der Waals surface area contributed by atoms with Crippen LogP contribution in [0.4, 0.5) is 0 Å². The predicted molar refractivity (Wildman–Crippen MR) is 144 cm³/mol. The number of hydrogen-bond acceptors (Lipinski definition) is 8. The minimum atomic E-state index is -1.43. The van der Waals surface area contributed by atoms with E-state index < -0.39 is 17.7 Å². The summed E-state index contributed by atoms with van der Waals surface area (Å²) in [7, 11) is 1.28. The first-order chi connectivity index (χ1) is 17.6. The van der Waals surface area contributed by atoms with E-state index >= 15 is 0 Å². The van der Waals surface area contributed by atoms with Crippen molar-refractivity contribution in [2.75, 3.05) is 7.11 Å². The SMILES string of the molecule is CCCc1c(OC2CCCCC2(O)C(=S)c2ccc(C(=O)CCC(=O)OC)cc2)ccc(C(C)=O)c1O. The number of aromatic hydroxyl groups is 1. The van der Waals surface area contributed by atoms with Crippen LogP contribution in [-0.2, 0) is 16.0 Å². The van der Waals surface area contributed by atoms with E-state index in [1.165, 1.54) is 14.0 Å². The second-order valence-corrected chi connectivity index (χ2v) is 9.84.